The Bertz CT molecular complexity index is 362. The van der Waals surface area contributed by atoms with Crippen molar-refractivity contribution in [3.05, 3.63) is 0 Å². The first-order valence-corrected chi connectivity index (χ1v) is 8.06. The fourth-order valence-corrected chi connectivity index (χ4v) is 2.83. The lowest BCUT2D eigenvalue weighted by atomic mass is 9.92. The summed E-state index contributed by atoms with van der Waals surface area (Å²) in [5, 5.41) is 11.7. The molecule has 1 fully saturated rings. The third-order valence-corrected chi connectivity index (χ3v) is 4.72. The van der Waals surface area contributed by atoms with E-state index in [1.165, 1.54) is 0 Å². The molecule has 6 nitrogen and oxygen atoms in total. The van der Waals surface area contributed by atoms with Crippen molar-refractivity contribution in [3.63, 3.8) is 0 Å². The molecule has 0 spiro atoms. The number of hydrogen-bond donors (Lipinski definition) is 2. The van der Waals surface area contributed by atoms with Gasteiger partial charge in [-0.3, -0.25) is 9.00 Å². The van der Waals surface area contributed by atoms with Crippen LogP contribution in [0.25, 0.3) is 0 Å². The smallest absolute Gasteiger partial charge is 0.317 e. The number of likely N-dealkylation sites (tertiary alicyclic amines) is 1. The van der Waals surface area contributed by atoms with Gasteiger partial charge < -0.3 is 15.3 Å². The molecule has 1 aliphatic heterocycles. The van der Waals surface area contributed by atoms with Gasteiger partial charge in [0.25, 0.3) is 0 Å². The first-order chi connectivity index (χ1) is 8.95. The third kappa shape index (κ3) is 4.81. The van der Waals surface area contributed by atoms with Gasteiger partial charge in [0.05, 0.1) is 5.92 Å². The number of piperidine rings is 1. The summed E-state index contributed by atoms with van der Waals surface area (Å²) in [6.45, 7) is 4.56. The van der Waals surface area contributed by atoms with Crippen LogP contribution in [0.1, 0.15) is 26.7 Å². The van der Waals surface area contributed by atoms with Crippen LogP contribution in [0.2, 0.25) is 0 Å². The highest BCUT2D eigenvalue weighted by Gasteiger charge is 2.31. The predicted molar refractivity (Wildman–Crippen MR) is 73.5 cm³/mol. The Morgan fingerprint density at radius 1 is 1.47 bits per heavy atom. The average Bonchev–Trinajstić information content (AvgIpc) is 2.37. The molecule has 2 amide bonds. The third-order valence-electron chi connectivity index (χ3n) is 3.41. The maximum Gasteiger partial charge on any atom is 0.317 e. The van der Waals surface area contributed by atoms with E-state index in [4.69, 9.17) is 5.11 Å². The molecule has 0 saturated carbocycles. The van der Waals surface area contributed by atoms with Crippen LogP contribution in [0.4, 0.5) is 4.79 Å². The Morgan fingerprint density at radius 2 is 2.16 bits per heavy atom. The van der Waals surface area contributed by atoms with E-state index in [2.05, 4.69) is 5.32 Å². The molecule has 0 aromatic heterocycles. The van der Waals surface area contributed by atoms with Gasteiger partial charge in [-0.05, 0) is 19.8 Å². The van der Waals surface area contributed by atoms with E-state index < -0.39 is 16.8 Å². The number of nitrogens with one attached hydrogen (secondary N) is 1. The van der Waals surface area contributed by atoms with Crippen LogP contribution < -0.4 is 5.32 Å². The van der Waals surface area contributed by atoms with Crippen LogP contribution in [0, 0.1) is 5.92 Å². The summed E-state index contributed by atoms with van der Waals surface area (Å²) in [4.78, 5) is 24.5. The zero-order valence-electron chi connectivity index (χ0n) is 11.4. The zero-order chi connectivity index (χ0) is 14.4. The first-order valence-electron chi connectivity index (χ1n) is 6.58. The standard InChI is InChI=1S/C12H22N2O4S/c1-3-19(18)7-5-13-12(17)14-6-4-10(11(15)16)8-9(14)2/h9-10H,3-8H2,1-2H3,(H,13,17)(H,15,16). The second-order valence-electron chi connectivity index (χ2n) is 4.77. The molecular weight excluding hydrogens is 268 g/mol. The number of urea groups is 1. The number of carbonyl (C=O) groups is 2. The van der Waals surface area contributed by atoms with Crippen molar-refractivity contribution in [2.75, 3.05) is 24.6 Å². The van der Waals surface area contributed by atoms with Gasteiger partial charge in [0.15, 0.2) is 0 Å². The SMILES string of the molecule is CCS(=O)CCNC(=O)N1CCC(C(=O)O)CC1C. The van der Waals surface area contributed by atoms with Gasteiger partial charge >= 0.3 is 12.0 Å². The second kappa shape index (κ2) is 7.47. The van der Waals surface area contributed by atoms with Crippen molar-refractivity contribution in [1.29, 1.82) is 0 Å². The number of amides is 2. The Morgan fingerprint density at radius 3 is 2.68 bits per heavy atom. The van der Waals surface area contributed by atoms with Gasteiger partial charge in [0.2, 0.25) is 0 Å². The molecular formula is C12H22N2O4S. The summed E-state index contributed by atoms with van der Waals surface area (Å²) in [5.74, 6) is -0.0877. The summed E-state index contributed by atoms with van der Waals surface area (Å²) in [6.07, 6.45) is 0.984. The summed E-state index contributed by atoms with van der Waals surface area (Å²) in [5.41, 5.74) is 0. The van der Waals surface area contributed by atoms with Crippen molar-refractivity contribution >= 4 is 22.8 Å². The van der Waals surface area contributed by atoms with Crippen molar-refractivity contribution in [2.24, 2.45) is 5.92 Å². The highest BCUT2D eigenvalue weighted by Crippen LogP contribution is 2.22. The van der Waals surface area contributed by atoms with Crippen molar-refractivity contribution in [2.45, 2.75) is 32.7 Å². The van der Waals surface area contributed by atoms with Crippen molar-refractivity contribution < 1.29 is 18.9 Å². The normalized spacial score (nSPS) is 24.8. The van der Waals surface area contributed by atoms with Crippen LogP contribution in [0.3, 0.4) is 0 Å². The van der Waals surface area contributed by atoms with E-state index in [9.17, 15) is 13.8 Å². The molecule has 0 radical (unpaired) electrons. The summed E-state index contributed by atoms with van der Waals surface area (Å²) in [7, 11) is -0.880. The minimum atomic E-state index is -0.880. The molecule has 110 valence electrons. The molecule has 0 aromatic rings. The molecule has 19 heavy (non-hydrogen) atoms. The summed E-state index contributed by atoms with van der Waals surface area (Å²) in [6, 6.07) is -0.268. The number of nitrogens with zero attached hydrogens (tertiary/aromatic N) is 1. The fourth-order valence-electron chi connectivity index (χ4n) is 2.22. The molecule has 0 bridgehead atoms. The summed E-state index contributed by atoms with van der Waals surface area (Å²) < 4.78 is 11.2. The number of carboxylic acid groups (broad SMARTS) is 1. The van der Waals surface area contributed by atoms with E-state index in [0.717, 1.165) is 0 Å². The van der Waals surface area contributed by atoms with Crippen molar-refractivity contribution in [3.8, 4) is 0 Å². The van der Waals surface area contributed by atoms with Gasteiger partial charge in [0.1, 0.15) is 0 Å². The number of rotatable bonds is 5. The van der Waals surface area contributed by atoms with Gasteiger partial charge in [-0.25, -0.2) is 4.79 Å². The quantitative estimate of drug-likeness (QED) is 0.778. The van der Waals surface area contributed by atoms with E-state index in [1.807, 2.05) is 13.8 Å². The Kier molecular flexibility index (Phi) is 6.27. The largest absolute Gasteiger partial charge is 0.481 e. The molecule has 0 aromatic carbocycles. The highest BCUT2D eigenvalue weighted by atomic mass is 32.2. The first kappa shape index (κ1) is 15.9. The van der Waals surface area contributed by atoms with Crippen LogP contribution in [0.15, 0.2) is 0 Å². The predicted octanol–water partition coefficient (Wildman–Crippen LogP) is 0.650. The van der Waals surface area contributed by atoms with Crippen molar-refractivity contribution in [1.82, 2.24) is 10.2 Å². The second-order valence-corrected chi connectivity index (χ2v) is 6.63. The van der Waals surface area contributed by atoms with E-state index >= 15 is 0 Å². The Balaban J connectivity index is 2.37. The number of carboxylic acids is 1. The molecule has 1 aliphatic rings. The lowest BCUT2D eigenvalue weighted by molar-refractivity contribution is -0.143. The van der Waals surface area contributed by atoms with Gasteiger partial charge in [-0.2, -0.15) is 0 Å². The van der Waals surface area contributed by atoms with E-state index in [0.29, 0.717) is 37.4 Å². The van der Waals surface area contributed by atoms with Crippen LogP contribution in [-0.2, 0) is 15.6 Å². The molecule has 3 unspecified atom stereocenters. The Hall–Kier alpha value is -1.11. The van der Waals surface area contributed by atoms with Gasteiger partial charge in [-0.1, -0.05) is 6.92 Å². The average molecular weight is 290 g/mol. The molecule has 1 heterocycles. The Labute approximate surface area is 116 Å². The molecule has 7 heteroatoms. The number of carbonyl (C=O) groups excluding carboxylic acids is 1. The van der Waals surface area contributed by atoms with Crippen LogP contribution in [0.5, 0.6) is 0 Å². The number of aliphatic carboxylic acids is 1. The monoisotopic (exact) mass is 290 g/mol. The maximum atomic E-state index is 11.9. The topological polar surface area (TPSA) is 86.7 Å². The molecule has 2 N–H and O–H groups in total. The van der Waals surface area contributed by atoms with E-state index in [-0.39, 0.29) is 18.0 Å². The van der Waals surface area contributed by atoms with Gasteiger partial charge in [0, 0.05) is 41.4 Å². The van der Waals surface area contributed by atoms with E-state index in [1.54, 1.807) is 4.90 Å². The highest BCUT2D eigenvalue weighted by molar-refractivity contribution is 7.84. The van der Waals surface area contributed by atoms with Crippen LogP contribution in [-0.4, -0.2) is 56.9 Å². The minimum absolute atomic E-state index is 0.0773. The van der Waals surface area contributed by atoms with Crippen LogP contribution >= 0.6 is 0 Å². The summed E-state index contributed by atoms with van der Waals surface area (Å²) >= 11 is 0. The van der Waals surface area contributed by atoms with Gasteiger partial charge in [-0.15, -0.1) is 0 Å². The minimum Gasteiger partial charge on any atom is -0.481 e. The lowest BCUT2D eigenvalue weighted by Gasteiger charge is -2.36. The molecule has 0 aliphatic carbocycles. The lowest BCUT2D eigenvalue weighted by Crippen LogP contribution is -2.50. The fraction of sp³-hybridized carbons (Fsp3) is 0.833. The molecule has 1 saturated heterocycles. The molecule has 3 atom stereocenters. The molecule has 1 rings (SSSR count). The zero-order valence-corrected chi connectivity index (χ0v) is 12.2. The number of hydrogen-bond acceptors (Lipinski definition) is 3. The maximum absolute atomic E-state index is 11.9.